The fourth-order valence-corrected chi connectivity index (χ4v) is 2.51. The van der Waals surface area contributed by atoms with Crippen molar-refractivity contribution in [3.05, 3.63) is 29.8 Å². The summed E-state index contributed by atoms with van der Waals surface area (Å²) in [5, 5.41) is 0. The molecule has 2 N–H and O–H groups in total. The molecule has 0 saturated carbocycles. The number of carbonyl (C=O) groups excluding carboxylic acids is 1. The summed E-state index contributed by atoms with van der Waals surface area (Å²) in [5.74, 6) is -1.29. The molecular formula is C11H10F6N2OS2. The van der Waals surface area contributed by atoms with Gasteiger partial charge in [-0.3, -0.25) is 4.31 Å². The zero-order valence-corrected chi connectivity index (χ0v) is 12.4. The Labute approximate surface area is 130 Å². The average Bonchev–Trinajstić information content (AvgIpc) is 2.33. The van der Waals surface area contributed by atoms with E-state index in [1.807, 2.05) is 0 Å². The normalized spacial score (nSPS) is 12.3. The lowest BCUT2D eigenvalue weighted by Crippen LogP contribution is -2.31. The predicted molar refractivity (Wildman–Crippen MR) is 72.0 cm³/mol. The summed E-state index contributed by atoms with van der Waals surface area (Å²) < 4.78 is 73.5. The van der Waals surface area contributed by atoms with Gasteiger partial charge in [-0.15, -0.1) is 0 Å². The van der Waals surface area contributed by atoms with Crippen molar-refractivity contribution >= 4 is 29.7 Å². The molecule has 0 aromatic heterocycles. The molecule has 0 fully saturated rings. The van der Waals surface area contributed by atoms with Crippen molar-refractivity contribution in [1.82, 2.24) is 4.31 Å². The van der Waals surface area contributed by atoms with Gasteiger partial charge in [0, 0.05) is 4.90 Å². The van der Waals surface area contributed by atoms with Crippen LogP contribution in [-0.2, 0) is 6.54 Å². The van der Waals surface area contributed by atoms with Crippen molar-refractivity contribution in [2.45, 2.75) is 23.1 Å². The number of alkyl halides is 6. The van der Waals surface area contributed by atoms with Crippen LogP contribution >= 0.6 is 23.7 Å². The minimum Gasteiger partial charge on any atom is -0.351 e. The molecule has 0 aliphatic carbocycles. The zero-order valence-electron chi connectivity index (χ0n) is 10.7. The minimum atomic E-state index is -4.47. The van der Waals surface area contributed by atoms with Crippen LogP contribution < -0.4 is 5.73 Å². The fraction of sp³-hybridized carbons (Fsp3) is 0.364. The van der Waals surface area contributed by atoms with Gasteiger partial charge in [0.15, 0.2) is 0 Å². The molecule has 0 radical (unpaired) electrons. The van der Waals surface area contributed by atoms with E-state index >= 15 is 0 Å². The van der Waals surface area contributed by atoms with Gasteiger partial charge in [-0.05, 0) is 41.4 Å². The number of rotatable bonds is 5. The van der Waals surface area contributed by atoms with Gasteiger partial charge in [-0.1, -0.05) is 12.1 Å². The van der Waals surface area contributed by atoms with Gasteiger partial charge in [0.2, 0.25) is 0 Å². The zero-order chi connectivity index (χ0) is 17.0. The number of carbonyl (C=O) groups is 1. The maximum absolute atomic E-state index is 12.2. The Morgan fingerprint density at radius 1 is 1.09 bits per heavy atom. The lowest BCUT2D eigenvalue weighted by molar-refractivity contribution is -0.105. The van der Waals surface area contributed by atoms with Crippen LogP contribution in [0.15, 0.2) is 29.2 Å². The van der Waals surface area contributed by atoms with Crippen LogP contribution in [0.4, 0.5) is 31.1 Å². The van der Waals surface area contributed by atoms with E-state index in [0.717, 1.165) is 0 Å². The lowest BCUT2D eigenvalue weighted by atomic mass is 10.2. The number of benzene rings is 1. The summed E-state index contributed by atoms with van der Waals surface area (Å²) in [6.45, 7) is -0.243. The van der Waals surface area contributed by atoms with Crippen LogP contribution in [0.5, 0.6) is 0 Å². The first-order valence-electron chi connectivity index (χ1n) is 5.57. The van der Waals surface area contributed by atoms with Crippen molar-refractivity contribution in [2.75, 3.05) is 5.75 Å². The Balaban J connectivity index is 2.68. The highest BCUT2D eigenvalue weighted by atomic mass is 32.2. The molecule has 1 rings (SSSR count). The minimum absolute atomic E-state index is 0.0650. The van der Waals surface area contributed by atoms with Crippen LogP contribution in [0.25, 0.3) is 0 Å². The van der Waals surface area contributed by atoms with E-state index in [9.17, 15) is 31.1 Å². The third kappa shape index (κ3) is 7.69. The molecule has 0 spiro atoms. The summed E-state index contributed by atoms with van der Waals surface area (Å²) in [7, 11) is 0. The lowest BCUT2D eigenvalue weighted by Gasteiger charge is -2.20. The van der Waals surface area contributed by atoms with Crippen molar-refractivity contribution in [1.29, 1.82) is 0 Å². The molecule has 0 aliphatic rings. The number of hydrogen-bond donors (Lipinski definition) is 1. The third-order valence-corrected chi connectivity index (χ3v) is 3.93. The number of amides is 2. The fourth-order valence-electron chi connectivity index (χ4n) is 1.30. The molecule has 2 amide bonds. The molecule has 3 nitrogen and oxygen atoms in total. The first-order chi connectivity index (χ1) is 9.96. The second-order valence-electron chi connectivity index (χ2n) is 3.96. The molecule has 0 unspecified atom stereocenters. The van der Waals surface area contributed by atoms with Crippen LogP contribution in [0.3, 0.4) is 0 Å². The largest absolute Gasteiger partial charge is 0.446 e. The second kappa shape index (κ2) is 7.36. The maximum atomic E-state index is 12.2. The second-order valence-corrected chi connectivity index (χ2v) is 6.08. The van der Waals surface area contributed by atoms with Gasteiger partial charge in [0.25, 0.3) is 0 Å². The number of halogens is 6. The van der Waals surface area contributed by atoms with Gasteiger partial charge in [-0.2, -0.15) is 26.3 Å². The van der Waals surface area contributed by atoms with E-state index in [1.54, 1.807) is 0 Å². The quantitative estimate of drug-likeness (QED) is 0.479. The first kappa shape index (κ1) is 18.8. The van der Waals surface area contributed by atoms with Gasteiger partial charge >= 0.3 is 17.7 Å². The molecular weight excluding hydrogens is 354 g/mol. The van der Waals surface area contributed by atoms with Gasteiger partial charge in [0.1, 0.15) is 5.75 Å². The Morgan fingerprint density at radius 2 is 1.64 bits per heavy atom. The van der Waals surface area contributed by atoms with Crippen molar-refractivity contribution in [3.8, 4) is 0 Å². The van der Waals surface area contributed by atoms with E-state index in [2.05, 4.69) is 0 Å². The Hall–Kier alpha value is -1.23. The number of primary amides is 1. The summed E-state index contributed by atoms with van der Waals surface area (Å²) in [6, 6.07) is 3.85. The van der Waals surface area contributed by atoms with Crippen LogP contribution in [0, 0.1) is 0 Å². The van der Waals surface area contributed by atoms with E-state index in [4.69, 9.17) is 5.73 Å². The van der Waals surface area contributed by atoms with Gasteiger partial charge < -0.3 is 5.73 Å². The van der Waals surface area contributed by atoms with Crippen molar-refractivity contribution in [2.24, 2.45) is 5.73 Å². The van der Waals surface area contributed by atoms with Crippen LogP contribution in [0.2, 0.25) is 0 Å². The van der Waals surface area contributed by atoms with Gasteiger partial charge in [0.05, 0.1) is 6.54 Å². The summed E-state index contributed by atoms with van der Waals surface area (Å²) in [6.07, 6.45) is -4.47. The molecule has 22 heavy (non-hydrogen) atoms. The number of urea groups is 1. The number of thioether (sulfide) groups is 1. The molecule has 124 valence electrons. The summed E-state index contributed by atoms with van der Waals surface area (Å²) in [5.41, 5.74) is 0.907. The summed E-state index contributed by atoms with van der Waals surface area (Å²) in [4.78, 5) is 11.0. The maximum Gasteiger partial charge on any atom is 0.446 e. The van der Waals surface area contributed by atoms with Crippen molar-refractivity contribution in [3.63, 3.8) is 0 Å². The standard InChI is InChI=1S/C11H10F6N2OS2/c12-10(13,14)6-21-19(9(18)20)5-7-1-3-8(4-2-7)22-11(15,16)17/h1-4H,5-6H2,(H2,18,20). The predicted octanol–water partition coefficient (Wildman–Crippen LogP) is 4.39. The molecule has 0 saturated heterocycles. The molecule has 0 bridgehead atoms. The average molecular weight is 364 g/mol. The highest BCUT2D eigenvalue weighted by molar-refractivity contribution is 8.00. The number of hydrogen-bond acceptors (Lipinski definition) is 3. The molecule has 0 atom stereocenters. The molecule has 0 aliphatic heterocycles. The van der Waals surface area contributed by atoms with Crippen LogP contribution in [-0.4, -0.2) is 27.8 Å². The van der Waals surface area contributed by atoms with E-state index < -0.39 is 23.5 Å². The first-order valence-corrected chi connectivity index (χ1v) is 7.33. The monoisotopic (exact) mass is 364 g/mol. The highest BCUT2D eigenvalue weighted by Gasteiger charge is 2.30. The smallest absolute Gasteiger partial charge is 0.351 e. The molecule has 11 heteroatoms. The van der Waals surface area contributed by atoms with E-state index in [0.29, 0.717) is 9.87 Å². The number of nitrogens with zero attached hydrogens (tertiary/aromatic N) is 1. The Kier molecular flexibility index (Phi) is 6.29. The van der Waals surface area contributed by atoms with Gasteiger partial charge in [-0.25, -0.2) is 4.79 Å². The Morgan fingerprint density at radius 3 is 2.05 bits per heavy atom. The molecule has 1 aromatic rings. The SMILES string of the molecule is NC(=O)N(Cc1ccc(SC(F)(F)F)cc1)SCC(F)(F)F. The highest BCUT2D eigenvalue weighted by Crippen LogP contribution is 2.36. The van der Waals surface area contributed by atoms with E-state index in [1.165, 1.54) is 24.3 Å². The number of nitrogens with two attached hydrogens (primary N) is 1. The topological polar surface area (TPSA) is 46.3 Å². The summed E-state index contributed by atoms with van der Waals surface area (Å²) >= 11 is -0.117. The molecule has 0 heterocycles. The van der Waals surface area contributed by atoms with Crippen molar-refractivity contribution < 1.29 is 31.1 Å². The molecule has 1 aromatic carbocycles. The van der Waals surface area contributed by atoms with E-state index in [-0.39, 0.29) is 35.2 Å². The Bertz CT molecular complexity index is 503. The third-order valence-electron chi connectivity index (χ3n) is 2.11. The van der Waals surface area contributed by atoms with Crippen LogP contribution in [0.1, 0.15) is 5.56 Å².